The lowest BCUT2D eigenvalue weighted by atomic mass is 10.2. The van der Waals surface area contributed by atoms with Crippen LogP contribution in [0.15, 0.2) is 18.2 Å². The van der Waals surface area contributed by atoms with E-state index in [-0.39, 0.29) is 17.8 Å². The van der Waals surface area contributed by atoms with Crippen molar-refractivity contribution < 1.29 is 9.18 Å². The molecule has 0 aliphatic rings. The van der Waals surface area contributed by atoms with Crippen molar-refractivity contribution in [3.8, 4) is 0 Å². The SMILES string of the molecule is CCN(C)C(=O)C(C)NCc1ccc(Cl)cc1F. The highest BCUT2D eigenvalue weighted by Gasteiger charge is 2.16. The second-order valence-corrected chi connectivity index (χ2v) is 4.63. The van der Waals surface area contributed by atoms with Gasteiger partial charge in [-0.2, -0.15) is 0 Å². The van der Waals surface area contributed by atoms with E-state index in [1.165, 1.54) is 6.07 Å². The molecule has 100 valence electrons. The van der Waals surface area contributed by atoms with Gasteiger partial charge in [-0.1, -0.05) is 17.7 Å². The first kappa shape index (κ1) is 14.9. The number of carbonyl (C=O) groups excluding carboxylic acids is 1. The topological polar surface area (TPSA) is 32.3 Å². The molecule has 1 unspecified atom stereocenters. The van der Waals surface area contributed by atoms with Crippen molar-refractivity contribution in [2.45, 2.75) is 26.4 Å². The molecule has 0 radical (unpaired) electrons. The molecule has 0 saturated heterocycles. The molecule has 0 heterocycles. The summed E-state index contributed by atoms with van der Waals surface area (Å²) in [5.41, 5.74) is 0.498. The standard InChI is InChI=1S/C13H18ClFN2O/c1-4-17(3)13(18)9(2)16-8-10-5-6-11(14)7-12(10)15/h5-7,9,16H,4,8H2,1-3H3. The third kappa shape index (κ3) is 3.96. The van der Waals surface area contributed by atoms with E-state index in [1.54, 1.807) is 31.0 Å². The summed E-state index contributed by atoms with van der Waals surface area (Å²) in [6.07, 6.45) is 0. The van der Waals surface area contributed by atoms with Crippen molar-refractivity contribution in [1.29, 1.82) is 0 Å². The number of halogens is 2. The summed E-state index contributed by atoms with van der Waals surface area (Å²) in [6.45, 7) is 4.62. The van der Waals surface area contributed by atoms with Crippen LogP contribution in [0, 0.1) is 5.82 Å². The molecule has 0 spiro atoms. The zero-order valence-electron chi connectivity index (χ0n) is 10.8. The zero-order valence-corrected chi connectivity index (χ0v) is 11.6. The first-order valence-electron chi connectivity index (χ1n) is 5.88. The summed E-state index contributed by atoms with van der Waals surface area (Å²) >= 11 is 5.67. The highest BCUT2D eigenvalue weighted by molar-refractivity contribution is 6.30. The molecule has 1 N–H and O–H groups in total. The second kappa shape index (κ2) is 6.71. The van der Waals surface area contributed by atoms with Gasteiger partial charge in [-0.15, -0.1) is 0 Å². The minimum atomic E-state index is -0.363. The van der Waals surface area contributed by atoms with Crippen LogP contribution in [-0.4, -0.2) is 30.4 Å². The molecule has 1 aromatic carbocycles. The molecule has 1 amide bonds. The predicted molar refractivity (Wildman–Crippen MR) is 71.0 cm³/mol. The Hall–Kier alpha value is -1.13. The van der Waals surface area contributed by atoms with Gasteiger partial charge in [0.15, 0.2) is 0 Å². The van der Waals surface area contributed by atoms with Gasteiger partial charge >= 0.3 is 0 Å². The summed E-state index contributed by atoms with van der Waals surface area (Å²) < 4.78 is 13.5. The Morgan fingerprint density at radius 1 is 1.56 bits per heavy atom. The van der Waals surface area contributed by atoms with E-state index in [0.717, 1.165) is 0 Å². The minimum absolute atomic E-state index is 0.00753. The van der Waals surface area contributed by atoms with Gasteiger partial charge in [0.1, 0.15) is 5.82 Å². The number of carbonyl (C=O) groups is 1. The molecular weight excluding hydrogens is 255 g/mol. The van der Waals surface area contributed by atoms with Gasteiger partial charge in [-0.3, -0.25) is 4.79 Å². The lowest BCUT2D eigenvalue weighted by molar-refractivity contribution is -0.131. The second-order valence-electron chi connectivity index (χ2n) is 4.19. The van der Waals surface area contributed by atoms with Crippen LogP contribution in [-0.2, 0) is 11.3 Å². The van der Waals surface area contributed by atoms with Crippen molar-refractivity contribution in [2.75, 3.05) is 13.6 Å². The van der Waals surface area contributed by atoms with Crippen molar-refractivity contribution in [3.63, 3.8) is 0 Å². The maximum Gasteiger partial charge on any atom is 0.239 e. The summed E-state index contributed by atoms with van der Waals surface area (Å²) in [5.74, 6) is -0.370. The number of hydrogen-bond acceptors (Lipinski definition) is 2. The number of nitrogens with one attached hydrogen (secondary N) is 1. The Bertz CT molecular complexity index is 425. The average molecular weight is 273 g/mol. The van der Waals surface area contributed by atoms with Gasteiger partial charge < -0.3 is 10.2 Å². The van der Waals surface area contributed by atoms with E-state index in [0.29, 0.717) is 23.7 Å². The van der Waals surface area contributed by atoms with E-state index in [2.05, 4.69) is 5.32 Å². The minimum Gasteiger partial charge on any atom is -0.345 e. The number of likely N-dealkylation sites (N-methyl/N-ethyl adjacent to an activating group) is 1. The third-order valence-corrected chi connectivity index (χ3v) is 3.07. The molecule has 1 rings (SSSR count). The number of benzene rings is 1. The fraction of sp³-hybridized carbons (Fsp3) is 0.462. The van der Waals surface area contributed by atoms with Gasteiger partial charge in [0.2, 0.25) is 5.91 Å². The smallest absolute Gasteiger partial charge is 0.239 e. The highest BCUT2D eigenvalue weighted by Crippen LogP contribution is 2.14. The van der Waals surface area contributed by atoms with E-state index in [9.17, 15) is 9.18 Å². The monoisotopic (exact) mass is 272 g/mol. The number of nitrogens with zero attached hydrogens (tertiary/aromatic N) is 1. The lowest BCUT2D eigenvalue weighted by Crippen LogP contribution is -2.42. The van der Waals surface area contributed by atoms with Crippen molar-refractivity contribution in [1.82, 2.24) is 10.2 Å². The molecule has 1 aromatic rings. The van der Waals surface area contributed by atoms with E-state index in [4.69, 9.17) is 11.6 Å². The first-order chi connectivity index (χ1) is 8.45. The Morgan fingerprint density at radius 3 is 2.78 bits per heavy atom. The summed E-state index contributed by atoms with van der Waals surface area (Å²) in [5, 5.41) is 3.37. The van der Waals surface area contributed by atoms with Crippen LogP contribution in [0.1, 0.15) is 19.4 Å². The molecule has 0 aromatic heterocycles. The largest absolute Gasteiger partial charge is 0.345 e. The predicted octanol–water partition coefficient (Wildman–Crippen LogP) is 2.44. The van der Waals surface area contributed by atoms with Gasteiger partial charge in [0, 0.05) is 30.7 Å². The molecule has 0 aliphatic carbocycles. The fourth-order valence-electron chi connectivity index (χ4n) is 1.50. The first-order valence-corrected chi connectivity index (χ1v) is 6.25. The zero-order chi connectivity index (χ0) is 13.7. The summed E-state index contributed by atoms with van der Waals surface area (Å²) in [4.78, 5) is 13.4. The lowest BCUT2D eigenvalue weighted by Gasteiger charge is -2.20. The average Bonchev–Trinajstić information content (AvgIpc) is 2.35. The number of hydrogen-bond donors (Lipinski definition) is 1. The van der Waals surface area contributed by atoms with Crippen LogP contribution < -0.4 is 5.32 Å². The van der Waals surface area contributed by atoms with Crippen molar-refractivity contribution in [2.24, 2.45) is 0 Å². The molecule has 0 saturated carbocycles. The van der Waals surface area contributed by atoms with Crippen molar-refractivity contribution in [3.05, 3.63) is 34.6 Å². The summed E-state index contributed by atoms with van der Waals surface area (Å²) in [6, 6.07) is 4.17. The van der Waals surface area contributed by atoms with E-state index < -0.39 is 0 Å². The van der Waals surface area contributed by atoms with Crippen LogP contribution in [0.2, 0.25) is 5.02 Å². The van der Waals surface area contributed by atoms with E-state index in [1.807, 2.05) is 6.92 Å². The molecule has 0 fully saturated rings. The maximum atomic E-state index is 13.5. The normalized spacial score (nSPS) is 12.3. The van der Waals surface area contributed by atoms with Gasteiger partial charge in [-0.05, 0) is 26.0 Å². The third-order valence-electron chi connectivity index (χ3n) is 2.83. The van der Waals surface area contributed by atoms with Gasteiger partial charge in [0.05, 0.1) is 6.04 Å². The molecule has 0 bridgehead atoms. The quantitative estimate of drug-likeness (QED) is 0.893. The number of amides is 1. The van der Waals surface area contributed by atoms with Gasteiger partial charge in [-0.25, -0.2) is 4.39 Å². The Kier molecular flexibility index (Phi) is 5.56. The molecule has 5 heteroatoms. The van der Waals surface area contributed by atoms with Crippen LogP contribution in [0.4, 0.5) is 4.39 Å². The summed E-state index contributed by atoms with van der Waals surface area (Å²) in [7, 11) is 1.74. The van der Waals surface area contributed by atoms with Crippen molar-refractivity contribution >= 4 is 17.5 Å². The number of rotatable bonds is 5. The van der Waals surface area contributed by atoms with Crippen LogP contribution in [0.5, 0.6) is 0 Å². The molecular formula is C13H18ClFN2O. The molecule has 3 nitrogen and oxygen atoms in total. The van der Waals surface area contributed by atoms with Crippen LogP contribution >= 0.6 is 11.6 Å². The Balaban J connectivity index is 2.57. The fourth-order valence-corrected chi connectivity index (χ4v) is 1.66. The highest BCUT2D eigenvalue weighted by atomic mass is 35.5. The van der Waals surface area contributed by atoms with Gasteiger partial charge in [0.25, 0.3) is 0 Å². The molecule has 18 heavy (non-hydrogen) atoms. The van der Waals surface area contributed by atoms with E-state index >= 15 is 0 Å². The molecule has 1 atom stereocenters. The van der Waals surface area contributed by atoms with Crippen LogP contribution in [0.25, 0.3) is 0 Å². The Labute approximate surface area is 112 Å². The Morgan fingerprint density at radius 2 is 2.22 bits per heavy atom. The molecule has 0 aliphatic heterocycles. The van der Waals surface area contributed by atoms with Crippen LogP contribution in [0.3, 0.4) is 0 Å². The maximum absolute atomic E-state index is 13.5.